The molecule has 1 aromatic rings. The van der Waals surface area contributed by atoms with Crippen molar-refractivity contribution in [3.05, 3.63) is 18.0 Å². The molecule has 0 saturated carbocycles. The summed E-state index contributed by atoms with van der Waals surface area (Å²) < 4.78 is 0. The van der Waals surface area contributed by atoms with E-state index in [0.29, 0.717) is 12.0 Å². The third-order valence-corrected chi connectivity index (χ3v) is 3.95. The van der Waals surface area contributed by atoms with Crippen LogP contribution in [0.3, 0.4) is 0 Å². The number of anilines is 1. The lowest BCUT2D eigenvalue weighted by atomic mass is 9.91. The van der Waals surface area contributed by atoms with Crippen LogP contribution in [-0.4, -0.2) is 35.6 Å². The lowest BCUT2D eigenvalue weighted by Crippen LogP contribution is -2.45. The first-order valence-corrected chi connectivity index (χ1v) is 7.48. The summed E-state index contributed by atoms with van der Waals surface area (Å²) in [5, 5.41) is 3.62. The SMILES string of the molecule is CCCNC(C)C1CCCN(c2nccc(C)n2)C1. The van der Waals surface area contributed by atoms with Crippen molar-refractivity contribution in [1.82, 2.24) is 15.3 Å². The molecular weight excluding hydrogens is 236 g/mol. The van der Waals surface area contributed by atoms with Gasteiger partial charge in [-0.1, -0.05) is 6.92 Å². The highest BCUT2D eigenvalue weighted by Crippen LogP contribution is 2.22. The van der Waals surface area contributed by atoms with E-state index in [1.54, 1.807) is 0 Å². The Balaban J connectivity index is 1.97. The van der Waals surface area contributed by atoms with Crippen LogP contribution in [0.5, 0.6) is 0 Å². The van der Waals surface area contributed by atoms with Crippen LogP contribution in [0, 0.1) is 12.8 Å². The number of nitrogens with zero attached hydrogens (tertiary/aromatic N) is 3. The average Bonchev–Trinajstić information content (AvgIpc) is 2.45. The first kappa shape index (κ1) is 14.3. The molecule has 1 aliphatic heterocycles. The standard InChI is InChI=1S/C15H26N4/c1-4-8-16-13(3)14-6-5-10-19(11-14)15-17-9-7-12(2)18-15/h7,9,13-14,16H,4-6,8,10-11H2,1-3H3. The number of nitrogens with one attached hydrogen (secondary N) is 1. The van der Waals surface area contributed by atoms with Gasteiger partial charge in [-0.3, -0.25) is 0 Å². The summed E-state index contributed by atoms with van der Waals surface area (Å²) in [6.07, 6.45) is 5.60. The minimum atomic E-state index is 0.576. The van der Waals surface area contributed by atoms with E-state index in [-0.39, 0.29) is 0 Å². The molecule has 1 aliphatic rings. The summed E-state index contributed by atoms with van der Waals surface area (Å²) in [4.78, 5) is 11.3. The Morgan fingerprint density at radius 1 is 1.53 bits per heavy atom. The molecule has 1 aromatic heterocycles. The van der Waals surface area contributed by atoms with Gasteiger partial charge in [0.25, 0.3) is 0 Å². The lowest BCUT2D eigenvalue weighted by Gasteiger charge is -2.36. The molecule has 4 nitrogen and oxygen atoms in total. The molecule has 4 heteroatoms. The van der Waals surface area contributed by atoms with E-state index < -0.39 is 0 Å². The first-order valence-electron chi connectivity index (χ1n) is 7.48. The Kier molecular flexibility index (Phi) is 5.14. The van der Waals surface area contributed by atoms with Gasteiger partial charge in [-0.05, 0) is 51.6 Å². The number of piperidine rings is 1. The topological polar surface area (TPSA) is 41.0 Å². The molecule has 2 unspecified atom stereocenters. The van der Waals surface area contributed by atoms with Gasteiger partial charge in [0, 0.05) is 31.0 Å². The van der Waals surface area contributed by atoms with Gasteiger partial charge in [0.05, 0.1) is 0 Å². The summed E-state index contributed by atoms with van der Waals surface area (Å²) in [5.41, 5.74) is 1.05. The molecule has 0 spiro atoms. The van der Waals surface area contributed by atoms with Crippen LogP contribution in [0.25, 0.3) is 0 Å². The van der Waals surface area contributed by atoms with Crippen molar-refractivity contribution in [2.45, 2.75) is 46.1 Å². The van der Waals surface area contributed by atoms with Gasteiger partial charge < -0.3 is 10.2 Å². The molecule has 2 rings (SSSR count). The van der Waals surface area contributed by atoms with Crippen molar-refractivity contribution < 1.29 is 0 Å². The van der Waals surface area contributed by atoms with Gasteiger partial charge in [0.15, 0.2) is 0 Å². The van der Waals surface area contributed by atoms with Crippen molar-refractivity contribution in [2.24, 2.45) is 5.92 Å². The highest BCUT2D eigenvalue weighted by atomic mass is 15.3. The molecule has 1 fully saturated rings. The molecule has 0 aliphatic carbocycles. The van der Waals surface area contributed by atoms with Gasteiger partial charge in [-0.2, -0.15) is 0 Å². The Bertz CT molecular complexity index is 393. The third-order valence-electron chi connectivity index (χ3n) is 3.95. The molecule has 0 radical (unpaired) electrons. The zero-order valence-corrected chi connectivity index (χ0v) is 12.4. The zero-order valence-electron chi connectivity index (χ0n) is 12.4. The summed E-state index contributed by atoms with van der Waals surface area (Å²) in [6, 6.07) is 2.53. The number of aromatic nitrogens is 2. The maximum atomic E-state index is 4.55. The Morgan fingerprint density at radius 3 is 3.11 bits per heavy atom. The number of rotatable bonds is 5. The molecule has 0 aromatic carbocycles. The van der Waals surface area contributed by atoms with E-state index >= 15 is 0 Å². The molecule has 106 valence electrons. The predicted octanol–water partition coefficient (Wildman–Crippen LogP) is 2.39. The van der Waals surface area contributed by atoms with Crippen molar-refractivity contribution in [1.29, 1.82) is 0 Å². The number of aryl methyl sites for hydroxylation is 1. The summed E-state index contributed by atoms with van der Waals surface area (Å²) in [5.74, 6) is 1.59. The Hall–Kier alpha value is -1.16. The fraction of sp³-hybridized carbons (Fsp3) is 0.733. The maximum absolute atomic E-state index is 4.55. The molecule has 1 N–H and O–H groups in total. The molecule has 0 bridgehead atoms. The fourth-order valence-electron chi connectivity index (χ4n) is 2.73. The van der Waals surface area contributed by atoms with Gasteiger partial charge in [0.2, 0.25) is 5.95 Å². The second kappa shape index (κ2) is 6.85. The second-order valence-corrected chi connectivity index (χ2v) is 5.59. The van der Waals surface area contributed by atoms with E-state index in [1.807, 2.05) is 19.2 Å². The van der Waals surface area contributed by atoms with E-state index in [4.69, 9.17) is 0 Å². The van der Waals surface area contributed by atoms with E-state index in [2.05, 4.69) is 34.0 Å². The highest BCUT2D eigenvalue weighted by molar-refractivity contribution is 5.31. The van der Waals surface area contributed by atoms with Crippen LogP contribution in [0.15, 0.2) is 12.3 Å². The van der Waals surface area contributed by atoms with Crippen LogP contribution in [0.1, 0.15) is 38.8 Å². The first-order chi connectivity index (χ1) is 9.20. The Morgan fingerprint density at radius 2 is 2.37 bits per heavy atom. The van der Waals surface area contributed by atoms with Crippen LogP contribution < -0.4 is 10.2 Å². The maximum Gasteiger partial charge on any atom is 0.225 e. The van der Waals surface area contributed by atoms with Gasteiger partial charge in [-0.25, -0.2) is 9.97 Å². The van der Waals surface area contributed by atoms with Gasteiger partial charge in [-0.15, -0.1) is 0 Å². The van der Waals surface area contributed by atoms with Crippen molar-refractivity contribution in [3.63, 3.8) is 0 Å². The van der Waals surface area contributed by atoms with E-state index in [0.717, 1.165) is 31.3 Å². The van der Waals surface area contributed by atoms with Crippen molar-refractivity contribution >= 4 is 5.95 Å². The lowest BCUT2D eigenvalue weighted by molar-refractivity contribution is 0.319. The smallest absolute Gasteiger partial charge is 0.225 e. The Labute approximate surface area is 116 Å². The minimum absolute atomic E-state index is 0.576. The molecule has 19 heavy (non-hydrogen) atoms. The monoisotopic (exact) mass is 262 g/mol. The van der Waals surface area contributed by atoms with Crippen LogP contribution in [0.2, 0.25) is 0 Å². The minimum Gasteiger partial charge on any atom is -0.340 e. The normalized spacial score (nSPS) is 21.4. The van der Waals surface area contributed by atoms with Gasteiger partial charge >= 0.3 is 0 Å². The largest absolute Gasteiger partial charge is 0.340 e. The number of hydrogen-bond acceptors (Lipinski definition) is 4. The van der Waals surface area contributed by atoms with Crippen molar-refractivity contribution in [3.8, 4) is 0 Å². The van der Waals surface area contributed by atoms with Crippen LogP contribution in [-0.2, 0) is 0 Å². The molecule has 2 atom stereocenters. The third kappa shape index (κ3) is 3.90. The predicted molar refractivity (Wildman–Crippen MR) is 79.5 cm³/mol. The quantitative estimate of drug-likeness (QED) is 0.884. The van der Waals surface area contributed by atoms with Crippen molar-refractivity contribution in [2.75, 3.05) is 24.5 Å². The molecule has 0 amide bonds. The molecule has 1 saturated heterocycles. The second-order valence-electron chi connectivity index (χ2n) is 5.59. The molecule has 2 heterocycles. The summed E-state index contributed by atoms with van der Waals surface area (Å²) in [6.45, 7) is 9.81. The number of hydrogen-bond donors (Lipinski definition) is 1. The fourth-order valence-corrected chi connectivity index (χ4v) is 2.73. The van der Waals surface area contributed by atoms with Crippen LogP contribution >= 0.6 is 0 Å². The summed E-state index contributed by atoms with van der Waals surface area (Å²) in [7, 11) is 0. The van der Waals surface area contributed by atoms with Gasteiger partial charge in [0.1, 0.15) is 0 Å². The zero-order chi connectivity index (χ0) is 13.7. The van der Waals surface area contributed by atoms with E-state index in [1.165, 1.54) is 19.3 Å². The average molecular weight is 262 g/mol. The molecular formula is C15H26N4. The highest BCUT2D eigenvalue weighted by Gasteiger charge is 2.25. The summed E-state index contributed by atoms with van der Waals surface area (Å²) >= 11 is 0. The van der Waals surface area contributed by atoms with Crippen LogP contribution in [0.4, 0.5) is 5.95 Å². The van der Waals surface area contributed by atoms with E-state index in [9.17, 15) is 0 Å².